The van der Waals surface area contributed by atoms with Gasteiger partial charge in [0, 0.05) is 45.1 Å². The lowest BCUT2D eigenvalue weighted by Gasteiger charge is -2.32. The molecule has 0 aliphatic heterocycles. The maximum Gasteiger partial charge on any atom is 0.0991 e. The average molecular weight is 711 g/mol. The summed E-state index contributed by atoms with van der Waals surface area (Å²) >= 11 is 0. The van der Waals surface area contributed by atoms with Crippen LogP contribution in [0.1, 0.15) is 42.9 Å². The van der Waals surface area contributed by atoms with Crippen LogP contribution >= 0.6 is 0 Å². The molecule has 1 aliphatic rings. The van der Waals surface area contributed by atoms with Gasteiger partial charge in [0.25, 0.3) is 0 Å². The zero-order valence-corrected chi connectivity index (χ0v) is 30.9. The molecule has 2 unspecified atom stereocenters. The van der Waals surface area contributed by atoms with Crippen molar-refractivity contribution in [2.24, 2.45) is 5.41 Å². The summed E-state index contributed by atoms with van der Waals surface area (Å²) in [5.74, 6) is -0.214. The molecule has 6 heteroatoms. The molecule has 0 fully saturated rings. The Balaban J connectivity index is 1.32. The Hall–Kier alpha value is -7.64. The lowest BCUT2D eigenvalue weighted by atomic mass is 9.77. The summed E-state index contributed by atoms with van der Waals surface area (Å²) in [4.78, 5) is 4.30. The third-order valence-electron chi connectivity index (χ3n) is 10.1. The van der Waals surface area contributed by atoms with Gasteiger partial charge in [-0.05, 0) is 108 Å². The molecule has 0 aromatic heterocycles. The van der Waals surface area contributed by atoms with Gasteiger partial charge in [0.2, 0.25) is 0 Å². The highest BCUT2D eigenvalue weighted by atomic mass is 15.1. The first-order valence-electron chi connectivity index (χ1n) is 17.8. The van der Waals surface area contributed by atoms with Gasteiger partial charge in [0.1, 0.15) is 0 Å². The Kier molecular flexibility index (Phi) is 10.8. The molecule has 5 aromatic rings. The summed E-state index contributed by atoms with van der Waals surface area (Å²) in [6.07, 6.45) is 6.85. The van der Waals surface area contributed by atoms with E-state index in [1.54, 1.807) is 0 Å². The van der Waals surface area contributed by atoms with E-state index >= 15 is 0 Å². The quantitative estimate of drug-likeness (QED) is 0.126. The standard InChI is InChI=1S/C49H38N6/c1-34(30-50)38-6-16-43(17-7-38)54(44-18-8-39(9-19-44)35(2)31-51)46-22-12-41(13-23-46)42-14-24-47(25-15-42)55(45-20-10-40(11-21-45)36(3)32-52)48-26-28-49(5,29-27-48)37(4)33-53/h6-28,35H,1,3-4,29H2,2,5H3. The summed E-state index contributed by atoms with van der Waals surface area (Å²) in [6, 6.07) is 49.1. The number of rotatable bonds is 11. The van der Waals surface area contributed by atoms with E-state index in [-0.39, 0.29) is 5.92 Å². The fraction of sp³-hybridized carbons (Fsp3) is 0.102. The molecule has 0 saturated heterocycles. The van der Waals surface area contributed by atoms with Crippen molar-refractivity contribution in [3.05, 3.63) is 187 Å². The van der Waals surface area contributed by atoms with Crippen LogP contribution in [0, 0.1) is 50.7 Å². The van der Waals surface area contributed by atoms with E-state index in [1.165, 1.54) is 0 Å². The molecular formula is C49H38N6. The molecule has 55 heavy (non-hydrogen) atoms. The molecule has 0 radical (unpaired) electrons. The van der Waals surface area contributed by atoms with Gasteiger partial charge < -0.3 is 9.80 Å². The van der Waals surface area contributed by atoms with Crippen LogP contribution in [0.4, 0.5) is 28.4 Å². The number of nitriles is 4. The van der Waals surface area contributed by atoms with Crippen LogP contribution in [0.2, 0.25) is 0 Å². The van der Waals surface area contributed by atoms with Crippen molar-refractivity contribution >= 4 is 39.6 Å². The minimum absolute atomic E-state index is 0.214. The lowest BCUT2D eigenvalue weighted by Crippen LogP contribution is -2.22. The number of hydrogen-bond donors (Lipinski definition) is 0. The summed E-state index contributed by atoms with van der Waals surface area (Å²) in [7, 11) is 0. The molecule has 2 atom stereocenters. The van der Waals surface area contributed by atoms with E-state index in [9.17, 15) is 21.0 Å². The Bertz CT molecular complexity index is 2490. The summed E-state index contributed by atoms with van der Waals surface area (Å²) in [5, 5.41) is 37.7. The van der Waals surface area contributed by atoms with Crippen LogP contribution in [-0.4, -0.2) is 0 Å². The molecule has 264 valence electrons. The molecule has 0 N–H and O–H groups in total. The predicted octanol–water partition coefficient (Wildman–Crippen LogP) is 12.6. The van der Waals surface area contributed by atoms with Crippen molar-refractivity contribution < 1.29 is 0 Å². The van der Waals surface area contributed by atoms with Gasteiger partial charge >= 0.3 is 0 Å². The minimum Gasteiger partial charge on any atom is -0.311 e. The van der Waals surface area contributed by atoms with Gasteiger partial charge in [-0.15, -0.1) is 0 Å². The maximum atomic E-state index is 9.54. The molecule has 6 nitrogen and oxygen atoms in total. The molecule has 0 amide bonds. The van der Waals surface area contributed by atoms with Crippen LogP contribution in [0.25, 0.3) is 22.3 Å². The van der Waals surface area contributed by atoms with Gasteiger partial charge in [-0.1, -0.05) is 99.5 Å². The van der Waals surface area contributed by atoms with E-state index < -0.39 is 5.41 Å². The summed E-state index contributed by atoms with van der Waals surface area (Å²) in [6.45, 7) is 15.6. The first kappa shape index (κ1) is 37.1. The normalized spacial score (nSPS) is 14.8. The topological polar surface area (TPSA) is 102 Å². The highest BCUT2D eigenvalue weighted by Crippen LogP contribution is 2.41. The van der Waals surface area contributed by atoms with Gasteiger partial charge in [-0.2, -0.15) is 21.0 Å². The van der Waals surface area contributed by atoms with Crippen LogP contribution in [0.3, 0.4) is 0 Å². The number of benzene rings is 5. The zero-order valence-electron chi connectivity index (χ0n) is 30.9. The lowest BCUT2D eigenvalue weighted by molar-refractivity contribution is 0.531. The summed E-state index contributed by atoms with van der Waals surface area (Å²) in [5.41, 5.74) is 11.1. The van der Waals surface area contributed by atoms with Gasteiger partial charge in [0.15, 0.2) is 0 Å². The van der Waals surface area contributed by atoms with E-state index in [1.807, 2.05) is 98.8 Å². The number of hydrogen-bond acceptors (Lipinski definition) is 6. The second-order valence-corrected chi connectivity index (χ2v) is 13.7. The molecule has 0 bridgehead atoms. The Morgan fingerprint density at radius 2 is 0.982 bits per heavy atom. The third kappa shape index (κ3) is 7.77. The molecule has 6 rings (SSSR count). The van der Waals surface area contributed by atoms with Crippen molar-refractivity contribution in [3.63, 3.8) is 0 Å². The highest BCUT2D eigenvalue weighted by Gasteiger charge is 2.28. The Morgan fingerprint density at radius 1 is 0.582 bits per heavy atom. The SMILES string of the molecule is C=C(C#N)c1ccc(N(C2=CCC(C)(C(=C)C#N)C=C2)c2ccc(-c3ccc(N(c4ccc(C(=C)C#N)cc4)c4ccc(C(C)C#N)cc4)cc3)cc2)cc1. The van der Waals surface area contributed by atoms with Gasteiger partial charge in [0.05, 0.1) is 41.3 Å². The van der Waals surface area contributed by atoms with E-state index in [2.05, 4.69) is 108 Å². The third-order valence-corrected chi connectivity index (χ3v) is 10.1. The number of allylic oxidation sites excluding steroid dienone is 6. The molecule has 0 saturated carbocycles. The van der Waals surface area contributed by atoms with Crippen molar-refractivity contribution in [2.45, 2.75) is 26.2 Å². The Labute approximate surface area is 323 Å². The second kappa shape index (κ2) is 15.9. The summed E-state index contributed by atoms with van der Waals surface area (Å²) < 4.78 is 0. The van der Waals surface area contributed by atoms with Crippen molar-refractivity contribution in [3.8, 4) is 35.4 Å². The number of anilines is 5. The predicted molar refractivity (Wildman–Crippen MR) is 223 cm³/mol. The van der Waals surface area contributed by atoms with Crippen LogP contribution in [0.15, 0.2) is 171 Å². The highest BCUT2D eigenvalue weighted by molar-refractivity contribution is 5.82. The van der Waals surface area contributed by atoms with Crippen LogP contribution in [0.5, 0.6) is 0 Å². The molecule has 1 aliphatic carbocycles. The zero-order chi connectivity index (χ0) is 39.1. The first-order chi connectivity index (χ1) is 26.6. The first-order valence-corrected chi connectivity index (χ1v) is 17.8. The molecule has 5 aromatic carbocycles. The smallest absolute Gasteiger partial charge is 0.0991 e. The molecule has 0 heterocycles. The monoisotopic (exact) mass is 710 g/mol. The van der Waals surface area contributed by atoms with Gasteiger partial charge in [-0.3, -0.25) is 0 Å². The number of nitrogens with zero attached hydrogens (tertiary/aromatic N) is 6. The fourth-order valence-corrected chi connectivity index (χ4v) is 6.48. The molecule has 0 spiro atoms. The van der Waals surface area contributed by atoms with E-state index in [0.29, 0.717) is 23.1 Å². The van der Waals surface area contributed by atoms with Crippen molar-refractivity contribution in [1.82, 2.24) is 0 Å². The second-order valence-electron chi connectivity index (χ2n) is 13.7. The van der Waals surface area contributed by atoms with Crippen LogP contribution < -0.4 is 9.80 Å². The van der Waals surface area contributed by atoms with E-state index in [0.717, 1.165) is 62.0 Å². The van der Waals surface area contributed by atoms with Crippen LogP contribution in [-0.2, 0) is 0 Å². The van der Waals surface area contributed by atoms with Gasteiger partial charge in [-0.25, -0.2) is 0 Å². The van der Waals surface area contributed by atoms with E-state index in [4.69, 9.17) is 0 Å². The molecular weight excluding hydrogens is 673 g/mol. The Morgan fingerprint density at radius 3 is 1.35 bits per heavy atom. The largest absolute Gasteiger partial charge is 0.311 e. The maximum absolute atomic E-state index is 9.54. The van der Waals surface area contributed by atoms with Crippen molar-refractivity contribution in [1.29, 1.82) is 21.0 Å². The minimum atomic E-state index is -0.445. The van der Waals surface area contributed by atoms with Crippen molar-refractivity contribution in [2.75, 3.05) is 9.80 Å². The fourth-order valence-electron chi connectivity index (χ4n) is 6.48. The average Bonchev–Trinajstić information content (AvgIpc) is 3.24.